The molecule has 0 fully saturated rings. The average Bonchev–Trinajstić information content (AvgIpc) is 2.71. The lowest BCUT2D eigenvalue weighted by Gasteiger charge is -2.16. The molecule has 3 aromatic rings. The summed E-state index contributed by atoms with van der Waals surface area (Å²) >= 11 is 0. The lowest BCUT2D eigenvalue weighted by atomic mass is 10.1. The van der Waals surface area contributed by atoms with Crippen molar-refractivity contribution in [1.82, 2.24) is 9.97 Å². The van der Waals surface area contributed by atoms with Crippen LogP contribution in [0.25, 0.3) is 0 Å². The Morgan fingerprint density at radius 3 is 2.00 bits per heavy atom. The zero-order valence-electron chi connectivity index (χ0n) is 15.9. The molecule has 4 N–H and O–H groups in total. The number of nitrogen functional groups attached to an aromatic ring is 2. The van der Waals surface area contributed by atoms with E-state index in [1.54, 1.807) is 39.7 Å². The molecule has 1 heterocycles. The van der Waals surface area contributed by atoms with Crippen molar-refractivity contribution in [2.45, 2.75) is 6.42 Å². The summed E-state index contributed by atoms with van der Waals surface area (Å²) in [5.41, 5.74) is 13.1. The van der Waals surface area contributed by atoms with Crippen molar-refractivity contribution in [3.8, 4) is 28.7 Å². The first-order chi connectivity index (χ1) is 13.5. The largest absolute Gasteiger partial charge is 0.497 e. The topological polar surface area (TPSA) is 115 Å². The van der Waals surface area contributed by atoms with E-state index in [1.165, 1.54) is 0 Å². The van der Waals surface area contributed by atoms with Gasteiger partial charge in [0.15, 0.2) is 11.5 Å². The first-order valence-corrected chi connectivity index (χ1v) is 8.47. The highest BCUT2D eigenvalue weighted by molar-refractivity contribution is 5.57. The van der Waals surface area contributed by atoms with Crippen LogP contribution in [0.15, 0.2) is 42.6 Å². The number of nitrogens with two attached hydrogens (primary N) is 2. The Morgan fingerprint density at radius 2 is 1.46 bits per heavy atom. The molecule has 0 bridgehead atoms. The van der Waals surface area contributed by atoms with Crippen LogP contribution in [-0.4, -0.2) is 31.3 Å². The van der Waals surface area contributed by atoms with Gasteiger partial charge >= 0.3 is 0 Å². The number of aromatic nitrogens is 2. The van der Waals surface area contributed by atoms with E-state index in [1.807, 2.05) is 24.3 Å². The molecule has 0 aliphatic carbocycles. The summed E-state index contributed by atoms with van der Waals surface area (Å²) in [7, 11) is 4.75. The Balaban J connectivity index is 1.92. The van der Waals surface area contributed by atoms with Crippen LogP contribution in [0, 0.1) is 0 Å². The van der Waals surface area contributed by atoms with Crippen LogP contribution < -0.4 is 30.4 Å². The second kappa shape index (κ2) is 8.34. The third kappa shape index (κ3) is 4.17. The Labute approximate surface area is 163 Å². The van der Waals surface area contributed by atoms with Gasteiger partial charge < -0.3 is 30.4 Å². The second-order valence-electron chi connectivity index (χ2n) is 5.92. The van der Waals surface area contributed by atoms with Gasteiger partial charge in [0.2, 0.25) is 11.7 Å². The first-order valence-electron chi connectivity index (χ1n) is 8.47. The fourth-order valence-electron chi connectivity index (χ4n) is 2.69. The zero-order chi connectivity index (χ0) is 20.1. The van der Waals surface area contributed by atoms with Crippen molar-refractivity contribution < 1.29 is 18.9 Å². The fourth-order valence-corrected chi connectivity index (χ4v) is 2.69. The van der Waals surface area contributed by atoms with Gasteiger partial charge in [-0.25, -0.2) is 4.98 Å². The van der Waals surface area contributed by atoms with Gasteiger partial charge in [0, 0.05) is 18.2 Å². The summed E-state index contributed by atoms with van der Waals surface area (Å²) in [5, 5.41) is 0. The molecule has 0 saturated heterocycles. The van der Waals surface area contributed by atoms with E-state index in [0.29, 0.717) is 35.2 Å². The molecule has 0 saturated carbocycles. The Hall–Kier alpha value is -3.68. The predicted octanol–water partition coefficient (Wildman–Crippen LogP) is 3.05. The number of nitrogens with zero attached hydrogens (tertiary/aromatic N) is 2. The Kier molecular flexibility index (Phi) is 5.69. The summed E-state index contributed by atoms with van der Waals surface area (Å²) in [4.78, 5) is 7.99. The molecule has 8 heteroatoms. The molecule has 0 radical (unpaired) electrons. The van der Waals surface area contributed by atoms with Crippen LogP contribution in [0.2, 0.25) is 0 Å². The van der Waals surface area contributed by atoms with E-state index in [0.717, 1.165) is 16.9 Å². The molecule has 2 aromatic carbocycles. The molecule has 146 valence electrons. The molecule has 3 rings (SSSR count). The van der Waals surface area contributed by atoms with Crippen LogP contribution >= 0.6 is 0 Å². The third-order valence-electron chi connectivity index (χ3n) is 4.11. The SMILES string of the molecule is COc1ccc(Oc2c(OC)cc(Cc3cnc(N)nc3N)cc2OC)cc1. The Bertz CT molecular complexity index is 936. The summed E-state index contributed by atoms with van der Waals surface area (Å²) < 4.78 is 22.2. The van der Waals surface area contributed by atoms with Crippen LogP contribution in [0.4, 0.5) is 11.8 Å². The van der Waals surface area contributed by atoms with Gasteiger partial charge in [-0.1, -0.05) is 0 Å². The standard InChI is InChI=1S/C20H22N4O4/c1-25-14-4-6-15(7-5-14)28-18-16(26-2)9-12(10-17(18)27-3)8-13-11-23-20(22)24-19(13)21/h4-7,9-11H,8H2,1-3H3,(H4,21,22,23,24). The van der Waals surface area contributed by atoms with Gasteiger partial charge in [0.25, 0.3) is 0 Å². The minimum absolute atomic E-state index is 0.139. The van der Waals surface area contributed by atoms with Crippen molar-refractivity contribution in [2.75, 3.05) is 32.8 Å². The van der Waals surface area contributed by atoms with Crippen molar-refractivity contribution in [3.05, 3.63) is 53.7 Å². The quantitative estimate of drug-likeness (QED) is 0.641. The highest BCUT2D eigenvalue weighted by Gasteiger charge is 2.16. The molecule has 0 atom stereocenters. The summed E-state index contributed by atoms with van der Waals surface area (Å²) in [6.45, 7) is 0. The number of hydrogen-bond acceptors (Lipinski definition) is 8. The molecule has 0 aliphatic heterocycles. The normalized spacial score (nSPS) is 10.4. The smallest absolute Gasteiger partial charge is 0.221 e. The number of benzene rings is 2. The van der Waals surface area contributed by atoms with Gasteiger partial charge in [-0.15, -0.1) is 0 Å². The fraction of sp³-hybridized carbons (Fsp3) is 0.200. The van der Waals surface area contributed by atoms with E-state index in [2.05, 4.69) is 9.97 Å². The molecular formula is C20H22N4O4. The maximum absolute atomic E-state index is 6.00. The Morgan fingerprint density at radius 1 is 0.857 bits per heavy atom. The maximum atomic E-state index is 6.00. The predicted molar refractivity (Wildman–Crippen MR) is 106 cm³/mol. The summed E-state index contributed by atoms with van der Waals surface area (Å²) in [5.74, 6) is 3.37. The minimum atomic E-state index is 0.139. The van der Waals surface area contributed by atoms with Crippen LogP contribution in [0.1, 0.15) is 11.1 Å². The molecule has 8 nitrogen and oxygen atoms in total. The molecule has 0 aliphatic rings. The molecule has 0 unspecified atom stereocenters. The molecule has 0 amide bonds. The third-order valence-corrected chi connectivity index (χ3v) is 4.11. The number of hydrogen-bond donors (Lipinski definition) is 2. The number of anilines is 2. The van der Waals surface area contributed by atoms with Gasteiger partial charge in [0.1, 0.15) is 17.3 Å². The number of methoxy groups -OCH3 is 3. The molecule has 28 heavy (non-hydrogen) atoms. The lowest BCUT2D eigenvalue weighted by molar-refractivity contribution is 0.345. The second-order valence-corrected chi connectivity index (χ2v) is 5.92. The van der Waals surface area contributed by atoms with Crippen molar-refractivity contribution in [1.29, 1.82) is 0 Å². The van der Waals surface area contributed by atoms with Crippen LogP contribution in [0.3, 0.4) is 0 Å². The first kappa shape index (κ1) is 19.1. The summed E-state index contributed by atoms with van der Waals surface area (Å²) in [6.07, 6.45) is 2.10. The van der Waals surface area contributed by atoms with Crippen molar-refractivity contribution in [2.24, 2.45) is 0 Å². The van der Waals surface area contributed by atoms with Gasteiger partial charge in [-0.3, -0.25) is 0 Å². The number of ether oxygens (including phenoxy) is 4. The van der Waals surface area contributed by atoms with Crippen LogP contribution in [-0.2, 0) is 6.42 Å². The highest BCUT2D eigenvalue weighted by atomic mass is 16.5. The van der Waals surface area contributed by atoms with Gasteiger partial charge in [0.05, 0.1) is 21.3 Å². The number of rotatable bonds is 7. The van der Waals surface area contributed by atoms with E-state index in [4.69, 9.17) is 30.4 Å². The van der Waals surface area contributed by atoms with E-state index in [9.17, 15) is 0 Å². The van der Waals surface area contributed by atoms with Crippen LogP contribution in [0.5, 0.6) is 28.7 Å². The summed E-state index contributed by atoms with van der Waals surface area (Å²) in [6, 6.07) is 10.9. The van der Waals surface area contributed by atoms with Crippen molar-refractivity contribution in [3.63, 3.8) is 0 Å². The minimum Gasteiger partial charge on any atom is -0.497 e. The van der Waals surface area contributed by atoms with E-state index < -0.39 is 0 Å². The molecule has 1 aromatic heterocycles. The van der Waals surface area contributed by atoms with Crippen molar-refractivity contribution >= 4 is 11.8 Å². The van der Waals surface area contributed by atoms with Gasteiger partial charge in [-0.05, 0) is 42.0 Å². The van der Waals surface area contributed by atoms with Gasteiger partial charge in [-0.2, -0.15) is 4.98 Å². The zero-order valence-corrected chi connectivity index (χ0v) is 15.9. The lowest BCUT2D eigenvalue weighted by Crippen LogP contribution is -2.04. The maximum Gasteiger partial charge on any atom is 0.221 e. The van der Waals surface area contributed by atoms with E-state index in [-0.39, 0.29) is 5.95 Å². The highest BCUT2D eigenvalue weighted by Crippen LogP contribution is 2.42. The average molecular weight is 382 g/mol. The molecule has 0 spiro atoms. The molecular weight excluding hydrogens is 360 g/mol. The van der Waals surface area contributed by atoms with E-state index >= 15 is 0 Å². The monoisotopic (exact) mass is 382 g/mol.